The average molecular weight is 403 g/mol. The van der Waals surface area contributed by atoms with Crippen LogP contribution in [0, 0.1) is 5.82 Å². The molecule has 0 radical (unpaired) electrons. The first kappa shape index (κ1) is 16.5. The van der Waals surface area contributed by atoms with E-state index in [4.69, 9.17) is 0 Å². The van der Waals surface area contributed by atoms with Gasteiger partial charge in [0.05, 0.1) is 0 Å². The Bertz CT molecular complexity index is 481. The summed E-state index contributed by atoms with van der Waals surface area (Å²) in [5.74, 6) is 0.762. The van der Waals surface area contributed by atoms with Crippen LogP contribution in [-0.2, 0) is 5.41 Å². The first-order valence-electron chi connectivity index (χ1n) is 7.57. The lowest BCUT2D eigenvalue weighted by atomic mass is 9.79. The molecule has 2 aliphatic rings. The Kier molecular flexibility index (Phi) is 5.84. The maximum Gasteiger partial charge on any atom is 0.191 e. The predicted molar refractivity (Wildman–Crippen MR) is 94.9 cm³/mol. The highest BCUT2D eigenvalue weighted by molar-refractivity contribution is 14.0. The molecule has 0 unspecified atom stereocenters. The highest BCUT2D eigenvalue weighted by atomic mass is 127. The fourth-order valence-electron chi connectivity index (χ4n) is 3.33. The number of hydrogen-bond acceptors (Lipinski definition) is 3. The van der Waals surface area contributed by atoms with Gasteiger partial charge in [0, 0.05) is 25.0 Å². The molecule has 5 heteroatoms. The fraction of sp³-hybridized carbons (Fsp3) is 0.562. The molecule has 1 aliphatic heterocycles. The highest BCUT2D eigenvalue weighted by Gasteiger charge is 2.35. The van der Waals surface area contributed by atoms with Crippen molar-refractivity contribution in [3.63, 3.8) is 0 Å². The van der Waals surface area contributed by atoms with Crippen LogP contribution in [0.1, 0.15) is 37.7 Å². The number of rotatable bonds is 3. The molecule has 1 fully saturated rings. The molecule has 0 spiro atoms. The maximum absolute atomic E-state index is 13.1. The SMILES string of the molecule is Fc1ccc(C2(CNC3=NCCCN3)CCCC2)cc1.I. The van der Waals surface area contributed by atoms with E-state index in [9.17, 15) is 4.39 Å². The van der Waals surface area contributed by atoms with Crippen molar-refractivity contribution >= 4 is 29.9 Å². The molecule has 0 saturated heterocycles. The van der Waals surface area contributed by atoms with Gasteiger partial charge in [-0.3, -0.25) is 4.99 Å². The van der Waals surface area contributed by atoms with Gasteiger partial charge >= 0.3 is 0 Å². The molecule has 1 aromatic carbocycles. The molecule has 3 nitrogen and oxygen atoms in total. The molecule has 116 valence electrons. The zero-order valence-electron chi connectivity index (χ0n) is 12.2. The van der Waals surface area contributed by atoms with Crippen molar-refractivity contribution in [3.8, 4) is 0 Å². The van der Waals surface area contributed by atoms with Crippen LogP contribution >= 0.6 is 24.0 Å². The highest BCUT2D eigenvalue weighted by Crippen LogP contribution is 2.40. The number of guanidine groups is 1. The third kappa shape index (κ3) is 3.87. The average Bonchev–Trinajstić information content (AvgIpc) is 2.97. The summed E-state index contributed by atoms with van der Waals surface area (Å²) >= 11 is 0. The van der Waals surface area contributed by atoms with Gasteiger partial charge in [0.2, 0.25) is 0 Å². The van der Waals surface area contributed by atoms with Crippen molar-refractivity contribution in [1.29, 1.82) is 0 Å². The van der Waals surface area contributed by atoms with E-state index >= 15 is 0 Å². The Morgan fingerprint density at radius 1 is 1.14 bits per heavy atom. The lowest BCUT2D eigenvalue weighted by Gasteiger charge is -2.31. The van der Waals surface area contributed by atoms with Crippen LogP contribution in [0.15, 0.2) is 29.3 Å². The fourth-order valence-corrected chi connectivity index (χ4v) is 3.33. The summed E-state index contributed by atoms with van der Waals surface area (Å²) < 4.78 is 13.1. The number of hydrogen-bond donors (Lipinski definition) is 2. The van der Waals surface area contributed by atoms with Crippen LogP contribution in [0.4, 0.5) is 4.39 Å². The monoisotopic (exact) mass is 403 g/mol. The number of nitrogens with zero attached hydrogens (tertiary/aromatic N) is 1. The normalized spacial score (nSPS) is 20.1. The van der Waals surface area contributed by atoms with Crippen molar-refractivity contribution in [2.45, 2.75) is 37.5 Å². The van der Waals surface area contributed by atoms with Gasteiger partial charge in [0.15, 0.2) is 5.96 Å². The molecule has 0 amide bonds. The van der Waals surface area contributed by atoms with Gasteiger partial charge in [0.25, 0.3) is 0 Å². The third-order valence-electron chi connectivity index (χ3n) is 4.51. The molecular weight excluding hydrogens is 380 g/mol. The van der Waals surface area contributed by atoms with Gasteiger partial charge in [0.1, 0.15) is 5.82 Å². The lowest BCUT2D eigenvalue weighted by molar-refractivity contribution is 0.429. The van der Waals surface area contributed by atoms with E-state index in [0.717, 1.165) is 32.0 Å². The number of benzene rings is 1. The Morgan fingerprint density at radius 3 is 2.48 bits per heavy atom. The second-order valence-corrected chi connectivity index (χ2v) is 5.86. The van der Waals surface area contributed by atoms with Gasteiger partial charge in [-0.15, -0.1) is 24.0 Å². The number of halogens is 2. The molecule has 0 atom stereocenters. The topological polar surface area (TPSA) is 36.4 Å². The maximum atomic E-state index is 13.1. The summed E-state index contributed by atoms with van der Waals surface area (Å²) in [6.45, 7) is 2.78. The Hall–Kier alpha value is -0.850. The van der Waals surface area contributed by atoms with Crippen molar-refractivity contribution in [2.24, 2.45) is 4.99 Å². The first-order valence-corrected chi connectivity index (χ1v) is 7.57. The van der Waals surface area contributed by atoms with Crippen LogP contribution in [0.3, 0.4) is 0 Å². The molecule has 0 aromatic heterocycles. The zero-order valence-corrected chi connectivity index (χ0v) is 14.5. The third-order valence-corrected chi connectivity index (χ3v) is 4.51. The van der Waals surface area contributed by atoms with Crippen LogP contribution in [-0.4, -0.2) is 25.6 Å². The molecule has 3 rings (SSSR count). The van der Waals surface area contributed by atoms with Crippen LogP contribution < -0.4 is 10.6 Å². The lowest BCUT2D eigenvalue weighted by Crippen LogP contribution is -2.46. The molecule has 21 heavy (non-hydrogen) atoms. The minimum absolute atomic E-state index is 0. The second-order valence-electron chi connectivity index (χ2n) is 5.86. The molecule has 0 bridgehead atoms. The van der Waals surface area contributed by atoms with Gasteiger partial charge in [-0.2, -0.15) is 0 Å². The standard InChI is InChI=1S/C16H22FN3.HI/c17-14-6-4-13(5-7-14)16(8-1-2-9-16)12-20-15-18-10-3-11-19-15;/h4-7H,1-3,8-12H2,(H2,18,19,20);1H. The smallest absolute Gasteiger partial charge is 0.191 e. The molecule has 1 aliphatic carbocycles. The summed E-state index contributed by atoms with van der Waals surface area (Å²) in [5, 5.41) is 6.76. The van der Waals surface area contributed by atoms with Gasteiger partial charge < -0.3 is 10.6 Å². The Balaban J connectivity index is 0.00000161. The number of aliphatic imine (C=N–C) groups is 1. The van der Waals surface area contributed by atoms with Gasteiger partial charge in [-0.25, -0.2) is 4.39 Å². The Labute approximate surface area is 142 Å². The minimum atomic E-state index is -0.159. The van der Waals surface area contributed by atoms with E-state index in [1.807, 2.05) is 12.1 Å². The second kappa shape index (κ2) is 7.42. The molecule has 1 heterocycles. The number of nitrogens with one attached hydrogen (secondary N) is 2. The summed E-state index contributed by atoms with van der Waals surface area (Å²) in [7, 11) is 0. The van der Waals surface area contributed by atoms with E-state index in [0.29, 0.717) is 0 Å². The van der Waals surface area contributed by atoms with Crippen LogP contribution in [0.5, 0.6) is 0 Å². The summed E-state index contributed by atoms with van der Waals surface area (Å²) in [6.07, 6.45) is 5.93. The van der Waals surface area contributed by atoms with Crippen molar-refractivity contribution in [1.82, 2.24) is 10.6 Å². The largest absolute Gasteiger partial charge is 0.356 e. The van der Waals surface area contributed by atoms with Crippen LogP contribution in [0.2, 0.25) is 0 Å². The van der Waals surface area contributed by atoms with E-state index < -0.39 is 0 Å². The molecular formula is C16H23FIN3. The van der Waals surface area contributed by atoms with E-state index in [1.54, 1.807) is 12.1 Å². The Morgan fingerprint density at radius 2 is 1.86 bits per heavy atom. The van der Waals surface area contributed by atoms with Crippen LogP contribution in [0.25, 0.3) is 0 Å². The summed E-state index contributed by atoms with van der Waals surface area (Å²) in [6, 6.07) is 7.04. The quantitative estimate of drug-likeness (QED) is 0.761. The van der Waals surface area contributed by atoms with E-state index in [2.05, 4.69) is 15.6 Å². The molecule has 1 saturated carbocycles. The van der Waals surface area contributed by atoms with E-state index in [1.165, 1.54) is 31.2 Å². The predicted octanol–water partition coefficient (Wildman–Crippen LogP) is 3.19. The van der Waals surface area contributed by atoms with Gasteiger partial charge in [-0.05, 0) is 37.0 Å². The van der Waals surface area contributed by atoms with Crippen molar-refractivity contribution in [3.05, 3.63) is 35.6 Å². The van der Waals surface area contributed by atoms with E-state index in [-0.39, 0.29) is 35.2 Å². The molecule has 1 aromatic rings. The summed E-state index contributed by atoms with van der Waals surface area (Å²) in [5.41, 5.74) is 1.38. The summed E-state index contributed by atoms with van der Waals surface area (Å²) in [4.78, 5) is 4.46. The van der Waals surface area contributed by atoms with Crippen molar-refractivity contribution < 1.29 is 4.39 Å². The minimum Gasteiger partial charge on any atom is -0.356 e. The first-order chi connectivity index (χ1) is 9.78. The van der Waals surface area contributed by atoms with Gasteiger partial charge in [-0.1, -0.05) is 25.0 Å². The molecule has 2 N–H and O–H groups in total. The van der Waals surface area contributed by atoms with Crippen molar-refractivity contribution in [2.75, 3.05) is 19.6 Å². The zero-order chi connectivity index (χ0) is 13.8.